The van der Waals surface area contributed by atoms with E-state index < -0.39 is 11.6 Å². The fraction of sp³-hybridized carbons (Fsp3) is 0.429. The zero-order valence-electron chi connectivity index (χ0n) is 9.47. The van der Waals surface area contributed by atoms with Crippen LogP contribution in [0.2, 0.25) is 0 Å². The Morgan fingerprint density at radius 2 is 2.00 bits per heavy atom. The first kappa shape index (κ1) is 11.3. The van der Waals surface area contributed by atoms with Crippen molar-refractivity contribution in [1.29, 1.82) is 0 Å². The molecule has 1 aliphatic rings. The van der Waals surface area contributed by atoms with Crippen molar-refractivity contribution >= 4 is 0 Å². The van der Waals surface area contributed by atoms with Crippen molar-refractivity contribution in [3.63, 3.8) is 0 Å². The van der Waals surface area contributed by atoms with Gasteiger partial charge in [-0.3, -0.25) is 0 Å². The first-order valence-electron chi connectivity index (χ1n) is 5.76. The highest BCUT2D eigenvalue weighted by molar-refractivity contribution is 5.32. The second kappa shape index (κ2) is 4.36. The third kappa shape index (κ3) is 2.01. The summed E-state index contributed by atoms with van der Waals surface area (Å²) in [7, 11) is 0. The van der Waals surface area contributed by atoms with E-state index in [2.05, 4.69) is 6.08 Å². The Hall–Kier alpha value is -1.18. The van der Waals surface area contributed by atoms with Gasteiger partial charge in [-0.2, -0.15) is 0 Å². The molecule has 2 heteroatoms. The molecule has 0 unspecified atom stereocenters. The monoisotopic (exact) mass is 222 g/mol. The predicted molar refractivity (Wildman–Crippen MR) is 61.3 cm³/mol. The summed E-state index contributed by atoms with van der Waals surface area (Å²) in [5, 5.41) is 0. The SMILES string of the molecule is C[C@]1(c2cccc(F)c2F)C=CCCCC1. The average Bonchev–Trinajstić information content (AvgIpc) is 2.48. The third-order valence-corrected chi connectivity index (χ3v) is 3.37. The quantitative estimate of drug-likeness (QED) is 0.619. The van der Waals surface area contributed by atoms with Crippen LogP contribution in [0.1, 0.15) is 38.2 Å². The van der Waals surface area contributed by atoms with Crippen LogP contribution in [0.15, 0.2) is 30.4 Å². The van der Waals surface area contributed by atoms with E-state index in [0.717, 1.165) is 25.7 Å². The van der Waals surface area contributed by atoms with Crippen molar-refractivity contribution < 1.29 is 8.78 Å². The summed E-state index contributed by atoms with van der Waals surface area (Å²) in [6.07, 6.45) is 8.20. The van der Waals surface area contributed by atoms with Gasteiger partial charge in [0, 0.05) is 11.0 Å². The van der Waals surface area contributed by atoms with E-state index in [4.69, 9.17) is 0 Å². The van der Waals surface area contributed by atoms with Crippen molar-refractivity contribution in [3.05, 3.63) is 47.5 Å². The first-order chi connectivity index (χ1) is 7.63. The van der Waals surface area contributed by atoms with Crippen LogP contribution in [0.4, 0.5) is 8.78 Å². The molecule has 0 radical (unpaired) electrons. The average molecular weight is 222 g/mol. The molecule has 0 saturated carbocycles. The molecule has 0 bridgehead atoms. The Morgan fingerprint density at radius 3 is 2.81 bits per heavy atom. The van der Waals surface area contributed by atoms with Crippen LogP contribution < -0.4 is 0 Å². The zero-order chi connectivity index (χ0) is 11.6. The smallest absolute Gasteiger partial charge is 0.162 e. The molecular formula is C14H16F2. The summed E-state index contributed by atoms with van der Waals surface area (Å²) >= 11 is 0. The van der Waals surface area contributed by atoms with E-state index >= 15 is 0 Å². The van der Waals surface area contributed by atoms with Gasteiger partial charge in [-0.15, -0.1) is 0 Å². The number of rotatable bonds is 1. The molecule has 0 N–H and O–H groups in total. The molecule has 1 aliphatic carbocycles. The lowest BCUT2D eigenvalue weighted by atomic mass is 9.78. The molecule has 16 heavy (non-hydrogen) atoms. The fourth-order valence-corrected chi connectivity index (χ4v) is 2.35. The van der Waals surface area contributed by atoms with Crippen LogP contribution in [0, 0.1) is 11.6 Å². The Bertz CT molecular complexity index is 409. The van der Waals surface area contributed by atoms with Crippen molar-refractivity contribution in [1.82, 2.24) is 0 Å². The minimum atomic E-state index is -0.753. The van der Waals surface area contributed by atoms with Gasteiger partial charge in [0.25, 0.3) is 0 Å². The van der Waals surface area contributed by atoms with Gasteiger partial charge in [0.2, 0.25) is 0 Å². The van der Waals surface area contributed by atoms with E-state index in [-0.39, 0.29) is 5.41 Å². The number of hydrogen-bond acceptors (Lipinski definition) is 0. The van der Waals surface area contributed by atoms with E-state index in [1.807, 2.05) is 13.0 Å². The lowest BCUT2D eigenvalue weighted by Gasteiger charge is -2.26. The molecule has 2 rings (SSSR count). The van der Waals surface area contributed by atoms with Crippen LogP contribution in [0.3, 0.4) is 0 Å². The molecule has 1 aromatic rings. The van der Waals surface area contributed by atoms with Crippen LogP contribution >= 0.6 is 0 Å². The molecule has 0 aromatic heterocycles. The van der Waals surface area contributed by atoms with Crippen molar-refractivity contribution in [2.45, 2.75) is 38.0 Å². The summed E-state index contributed by atoms with van der Waals surface area (Å²) < 4.78 is 27.0. The van der Waals surface area contributed by atoms with Gasteiger partial charge in [0.1, 0.15) is 0 Å². The van der Waals surface area contributed by atoms with Crippen LogP contribution in [-0.2, 0) is 5.41 Å². The Kier molecular flexibility index (Phi) is 3.08. The molecule has 0 heterocycles. The number of halogens is 2. The highest BCUT2D eigenvalue weighted by Gasteiger charge is 2.28. The normalized spacial score (nSPS) is 25.4. The summed E-state index contributed by atoms with van der Waals surface area (Å²) in [6, 6.07) is 4.44. The maximum absolute atomic E-state index is 13.8. The molecule has 0 aliphatic heterocycles. The largest absolute Gasteiger partial charge is 0.204 e. The van der Waals surface area contributed by atoms with Crippen LogP contribution in [0.5, 0.6) is 0 Å². The summed E-state index contributed by atoms with van der Waals surface area (Å²) in [6.45, 7) is 1.98. The number of benzene rings is 1. The van der Waals surface area contributed by atoms with Crippen LogP contribution in [-0.4, -0.2) is 0 Å². The van der Waals surface area contributed by atoms with Gasteiger partial charge < -0.3 is 0 Å². The maximum Gasteiger partial charge on any atom is 0.162 e. The maximum atomic E-state index is 13.8. The lowest BCUT2D eigenvalue weighted by Crippen LogP contribution is -2.20. The molecule has 0 amide bonds. The van der Waals surface area contributed by atoms with Gasteiger partial charge in [-0.05, 0) is 25.3 Å². The summed E-state index contributed by atoms with van der Waals surface area (Å²) in [5.41, 5.74) is 0.119. The number of allylic oxidation sites excluding steroid dienone is 2. The minimum Gasteiger partial charge on any atom is -0.204 e. The highest BCUT2D eigenvalue weighted by Crippen LogP contribution is 2.35. The molecule has 0 fully saturated rings. The van der Waals surface area contributed by atoms with E-state index in [9.17, 15) is 8.78 Å². The fourth-order valence-electron chi connectivity index (χ4n) is 2.35. The standard InChI is InChI=1S/C14H16F2/c1-14(9-4-2-3-5-10-14)11-7-6-8-12(15)13(11)16/h4,6-9H,2-3,5,10H2,1H3/t14-/m0/s1. The molecular weight excluding hydrogens is 206 g/mol. The first-order valence-corrected chi connectivity index (χ1v) is 5.76. The molecule has 0 spiro atoms. The minimum absolute atomic E-state index is 0.358. The molecule has 0 saturated heterocycles. The summed E-state index contributed by atoms with van der Waals surface area (Å²) in [4.78, 5) is 0. The van der Waals surface area contributed by atoms with Gasteiger partial charge in [0.15, 0.2) is 11.6 Å². The van der Waals surface area contributed by atoms with Crippen molar-refractivity contribution in [2.75, 3.05) is 0 Å². The van der Waals surface area contributed by atoms with Crippen molar-refractivity contribution in [2.24, 2.45) is 0 Å². The van der Waals surface area contributed by atoms with Gasteiger partial charge in [-0.25, -0.2) is 8.78 Å². The number of hydrogen-bond donors (Lipinski definition) is 0. The van der Waals surface area contributed by atoms with Crippen molar-refractivity contribution in [3.8, 4) is 0 Å². The third-order valence-electron chi connectivity index (χ3n) is 3.37. The highest BCUT2D eigenvalue weighted by atomic mass is 19.2. The molecule has 1 atom stereocenters. The lowest BCUT2D eigenvalue weighted by molar-refractivity contribution is 0.449. The molecule has 0 nitrogen and oxygen atoms in total. The Labute approximate surface area is 95.0 Å². The van der Waals surface area contributed by atoms with Gasteiger partial charge in [0.05, 0.1) is 0 Å². The van der Waals surface area contributed by atoms with Gasteiger partial charge in [-0.1, -0.05) is 37.6 Å². The topological polar surface area (TPSA) is 0 Å². The molecule has 86 valence electrons. The zero-order valence-corrected chi connectivity index (χ0v) is 9.47. The van der Waals surface area contributed by atoms with Gasteiger partial charge >= 0.3 is 0 Å². The second-order valence-electron chi connectivity index (χ2n) is 4.67. The molecule has 1 aromatic carbocycles. The Morgan fingerprint density at radius 1 is 1.19 bits per heavy atom. The van der Waals surface area contributed by atoms with E-state index in [1.54, 1.807) is 12.1 Å². The predicted octanol–water partition coefficient (Wildman–Crippen LogP) is 4.35. The van der Waals surface area contributed by atoms with E-state index in [0.29, 0.717) is 5.56 Å². The Balaban J connectivity index is 2.45. The van der Waals surface area contributed by atoms with Crippen LogP contribution in [0.25, 0.3) is 0 Å². The second-order valence-corrected chi connectivity index (χ2v) is 4.67. The van der Waals surface area contributed by atoms with E-state index in [1.165, 1.54) is 6.07 Å². The summed E-state index contributed by atoms with van der Waals surface area (Å²) in [5.74, 6) is -1.45.